The second kappa shape index (κ2) is 6.47. The van der Waals surface area contributed by atoms with Gasteiger partial charge in [0.15, 0.2) is 0 Å². The summed E-state index contributed by atoms with van der Waals surface area (Å²) in [5.74, 6) is 0.883. The van der Waals surface area contributed by atoms with Crippen molar-refractivity contribution in [3.63, 3.8) is 0 Å². The largest absolute Gasteiger partial charge is 0.486 e. The van der Waals surface area contributed by atoms with Crippen LogP contribution in [-0.2, 0) is 0 Å². The van der Waals surface area contributed by atoms with E-state index in [4.69, 9.17) is 16.3 Å². The summed E-state index contributed by atoms with van der Waals surface area (Å²) in [4.78, 5) is 0. The molecule has 108 valence electrons. The fourth-order valence-electron chi connectivity index (χ4n) is 2.22. The highest BCUT2D eigenvalue weighted by Gasteiger charge is 2.20. The Balaban J connectivity index is 2.23. The maximum Gasteiger partial charge on any atom is 0.128 e. The molecule has 0 spiro atoms. The highest BCUT2D eigenvalue weighted by molar-refractivity contribution is 6.35. The average Bonchev–Trinajstić information content (AvgIpc) is 2.42. The molecular formula is C17H22ClNO. The Morgan fingerprint density at radius 3 is 2.50 bits per heavy atom. The van der Waals surface area contributed by atoms with Gasteiger partial charge in [0.2, 0.25) is 0 Å². The Labute approximate surface area is 126 Å². The lowest BCUT2D eigenvalue weighted by atomic mass is 10.1. The van der Waals surface area contributed by atoms with E-state index < -0.39 is 0 Å². The van der Waals surface area contributed by atoms with Crippen molar-refractivity contribution in [1.82, 2.24) is 5.32 Å². The van der Waals surface area contributed by atoms with Gasteiger partial charge in [-0.1, -0.05) is 42.8 Å². The molecule has 0 aliphatic carbocycles. The van der Waals surface area contributed by atoms with Gasteiger partial charge in [-0.3, -0.25) is 0 Å². The molecule has 2 aromatic carbocycles. The molecule has 0 bridgehead atoms. The van der Waals surface area contributed by atoms with Crippen LogP contribution in [0.2, 0.25) is 5.02 Å². The summed E-state index contributed by atoms with van der Waals surface area (Å²) in [5, 5.41) is 6.25. The molecule has 0 heterocycles. The fourth-order valence-corrected chi connectivity index (χ4v) is 2.45. The molecule has 2 rings (SSSR count). The van der Waals surface area contributed by atoms with Gasteiger partial charge in [0, 0.05) is 22.3 Å². The molecule has 3 heteroatoms. The van der Waals surface area contributed by atoms with Gasteiger partial charge in [0.25, 0.3) is 0 Å². The van der Waals surface area contributed by atoms with Crippen LogP contribution in [0.1, 0.15) is 27.2 Å². The third-order valence-corrected chi connectivity index (χ3v) is 3.52. The summed E-state index contributed by atoms with van der Waals surface area (Å²) in [7, 11) is 0. The first kappa shape index (κ1) is 15.1. The second-order valence-electron chi connectivity index (χ2n) is 5.63. The van der Waals surface area contributed by atoms with Gasteiger partial charge in [0.05, 0.1) is 0 Å². The van der Waals surface area contributed by atoms with E-state index in [1.807, 2.05) is 36.4 Å². The molecule has 0 saturated carbocycles. The Morgan fingerprint density at radius 1 is 1.10 bits per heavy atom. The molecule has 1 N–H and O–H groups in total. The van der Waals surface area contributed by atoms with E-state index in [-0.39, 0.29) is 5.60 Å². The van der Waals surface area contributed by atoms with Crippen LogP contribution >= 0.6 is 11.6 Å². The van der Waals surface area contributed by atoms with Crippen LogP contribution < -0.4 is 10.1 Å². The van der Waals surface area contributed by atoms with Gasteiger partial charge in [-0.15, -0.1) is 0 Å². The fraction of sp³-hybridized carbons (Fsp3) is 0.412. The van der Waals surface area contributed by atoms with Gasteiger partial charge in [0.1, 0.15) is 11.4 Å². The van der Waals surface area contributed by atoms with Gasteiger partial charge in [-0.05, 0) is 38.9 Å². The quantitative estimate of drug-likeness (QED) is 0.782. The van der Waals surface area contributed by atoms with Crippen LogP contribution in [0, 0.1) is 0 Å². The van der Waals surface area contributed by atoms with E-state index in [1.165, 1.54) is 0 Å². The van der Waals surface area contributed by atoms with Gasteiger partial charge >= 0.3 is 0 Å². The van der Waals surface area contributed by atoms with Crippen molar-refractivity contribution in [2.45, 2.75) is 32.8 Å². The molecule has 0 unspecified atom stereocenters. The van der Waals surface area contributed by atoms with Crippen molar-refractivity contribution in [2.24, 2.45) is 0 Å². The number of fused-ring (bicyclic) bond motifs is 1. The maximum absolute atomic E-state index is 6.23. The minimum atomic E-state index is -0.258. The highest BCUT2D eigenvalue weighted by Crippen LogP contribution is 2.33. The third-order valence-electron chi connectivity index (χ3n) is 3.19. The number of benzene rings is 2. The number of ether oxygens (including phenoxy) is 1. The summed E-state index contributed by atoms with van der Waals surface area (Å²) in [6, 6.07) is 11.9. The van der Waals surface area contributed by atoms with Crippen LogP contribution in [0.4, 0.5) is 0 Å². The zero-order valence-corrected chi connectivity index (χ0v) is 13.1. The van der Waals surface area contributed by atoms with Gasteiger partial charge in [-0.25, -0.2) is 0 Å². The summed E-state index contributed by atoms with van der Waals surface area (Å²) in [6.45, 7) is 8.18. The minimum absolute atomic E-state index is 0.258. The smallest absolute Gasteiger partial charge is 0.128 e. The summed E-state index contributed by atoms with van der Waals surface area (Å²) < 4.78 is 6.20. The predicted octanol–water partition coefficient (Wildman–Crippen LogP) is 4.65. The maximum atomic E-state index is 6.23. The molecule has 2 nitrogen and oxygen atoms in total. The van der Waals surface area contributed by atoms with Crippen molar-refractivity contribution in [2.75, 3.05) is 13.1 Å². The van der Waals surface area contributed by atoms with Crippen molar-refractivity contribution in [3.05, 3.63) is 41.4 Å². The van der Waals surface area contributed by atoms with Crippen LogP contribution in [0.15, 0.2) is 36.4 Å². The molecule has 20 heavy (non-hydrogen) atoms. The van der Waals surface area contributed by atoms with Crippen LogP contribution in [0.5, 0.6) is 5.75 Å². The van der Waals surface area contributed by atoms with Crippen molar-refractivity contribution >= 4 is 22.4 Å². The lowest BCUT2D eigenvalue weighted by Gasteiger charge is -2.27. The van der Waals surface area contributed by atoms with Crippen molar-refractivity contribution < 1.29 is 4.74 Å². The normalized spacial score (nSPS) is 11.8. The Hall–Kier alpha value is -1.25. The summed E-state index contributed by atoms with van der Waals surface area (Å²) >= 11 is 6.23. The zero-order valence-electron chi connectivity index (χ0n) is 12.4. The molecule has 0 aliphatic rings. The zero-order chi connectivity index (χ0) is 14.6. The summed E-state index contributed by atoms with van der Waals surface area (Å²) in [6.07, 6.45) is 1.12. The first-order valence-corrected chi connectivity index (χ1v) is 7.48. The van der Waals surface area contributed by atoms with Gasteiger partial charge < -0.3 is 10.1 Å². The molecule has 0 aromatic heterocycles. The first-order chi connectivity index (χ1) is 9.53. The predicted molar refractivity (Wildman–Crippen MR) is 86.8 cm³/mol. The topological polar surface area (TPSA) is 21.3 Å². The standard InChI is InChI=1S/C17H22ClNO/c1-4-11-19-12-17(2,3)20-16-10-9-15(18)13-7-5-6-8-14(13)16/h5-10,19H,4,11-12H2,1-3H3. The van der Waals surface area contributed by atoms with E-state index in [0.29, 0.717) is 0 Å². The first-order valence-electron chi connectivity index (χ1n) is 7.10. The van der Waals surface area contributed by atoms with E-state index in [1.54, 1.807) is 0 Å². The number of rotatable bonds is 6. The van der Waals surface area contributed by atoms with Crippen LogP contribution in [0.3, 0.4) is 0 Å². The van der Waals surface area contributed by atoms with Crippen LogP contribution in [0.25, 0.3) is 10.8 Å². The monoisotopic (exact) mass is 291 g/mol. The van der Waals surface area contributed by atoms with E-state index in [9.17, 15) is 0 Å². The average molecular weight is 292 g/mol. The minimum Gasteiger partial charge on any atom is -0.486 e. The number of hydrogen-bond acceptors (Lipinski definition) is 2. The Kier molecular flexibility index (Phi) is 4.90. The SMILES string of the molecule is CCCNCC(C)(C)Oc1ccc(Cl)c2ccccc12. The number of hydrogen-bond donors (Lipinski definition) is 1. The summed E-state index contributed by atoms with van der Waals surface area (Å²) in [5.41, 5.74) is -0.258. The second-order valence-corrected chi connectivity index (χ2v) is 6.04. The van der Waals surface area contributed by atoms with E-state index in [2.05, 4.69) is 26.1 Å². The Morgan fingerprint density at radius 2 is 1.80 bits per heavy atom. The van der Waals surface area contributed by atoms with Crippen molar-refractivity contribution in [3.8, 4) is 5.75 Å². The molecule has 0 atom stereocenters. The molecule has 0 saturated heterocycles. The number of nitrogens with one attached hydrogen (secondary N) is 1. The van der Waals surface area contributed by atoms with Gasteiger partial charge in [-0.2, -0.15) is 0 Å². The molecular weight excluding hydrogens is 270 g/mol. The molecule has 0 fully saturated rings. The van der Waals surface area contributed by atoms with Crippen LogP contribution in [-0.4, -0.2) is 18.7 Å². The van der Waals surface area contributed by atoms with E-state index >= 15 is 0 Å². The molecule has 0 aliphatic heterocycles. The molecule has 0 amide bonds. The lowest BCUT2D eigenvalue weighted by Crippen LogP contribution is -2.40. The van der Waals surface area contributed by atoms with E-state index in [0.717, 1.165) is 41.1 Å². The molecule has 2 aromatic rings. The highest BCUT2D eigenvalue weighted by atomic mass is 35.5. The van der Waals surface area contributed by atoms with Crippen molar-refractivity contribution in [1.29, 1.82) is 0 Å². The third kappa shape index (κ3) is 3.65. The molecule has 0 radical (unpaired) electrons. The lowest BCUT2D eigenvalue weighted by molar-refractivity contribution is 0.110. The Bertz CT molecular complexity index is 580. The number of halogens is 1.